The van der Waals surface area contributed by atoms with Gasteiger partial charge in [0.2, 0.25) is 5.95 Å². The molecule has 0 amide bonds. The molecule has 0 radical (unpaired) electrons. The summed E-state index contributed by atoms with van der Waals surface area (Å²) in [6.07, 6.45) is 5.55. The molecule has 5 nitrogen and oxygen atoms in total. The van der Waals surface area contributed by atoms with E-state index in [1.165, 1.54) is 0 Å². The number of hydrogen-bond donors (Lipinski definition) is 1. The fraction of sp³-hybridized carbons (Fsp3) is 0.455. The van der Waals surface area contributed by atoms with E-state index in [-0.39, 0.29) is 6.04 Å². The van der Waals surface area contributed by atoms with E-state index >= 15 is 0 Å². The van der Waals surface area contributed by atoms with Crippen molar-refractivity contribution < 1.29 is 4.74 Å². The van der Waals surface area contributed by atoms with E-state index in [9.17, 15) is 0 Å². The summed E-state index contributed by atoms with van der Waals surface area (Å²) in [6, 6.07) is 0.234. The number of nitrogens with one attached hydrogen (secondary N) is 1. The largest absolute Gasteiger partial charge is 0.383 e. The Bertz CT molecular complexity index is 440. The number of aromatic nitrogens is 3. The van der Waals surface area contributed by atoms with Crippen molar-refractivity contribution in [3.8, 4) is 0 Å². The third kappa shape index (κ3) is 3.28. The van der Waals surface area contributed by atoms with Crippen LogP contribution in [-0.4, -0.2) is 34.3 Å². The van der Waals surface area contributed by atoms with E-state index < -0.39 is 0 Å². The van der Waals surface area contributed by atoms with E-state index in [1.54, 1.807) is 24.6 Å². The van der Waals surface area contributed by atoms with Gasteiger partial charge in [-0.15, -0.1) is 11.3 Å². The van der Waals surface area contributed by atoms with Gasteiger partial charge in [-0.05, 0) is 6.92 Å². The fourth-order valence-electron chi connectivity index (χ4n) is 1.57. The molecule has 17 heavy (non-hydrogen) atoms. The highest BCUT2D eigenvalue weighted by Gasteiger charge is 2.08. The standard InChI is InChI=1S/C11H16N4OS/c1-9(8-16-2)14-11-13-3-5-15(11)7-10-12-4-6-17-10/h3-6,9H,7-8H2,1-2H3,(H,13,14). The molecule has 1 atom stereocenters. The van der Waals surface area contributed by atoms with Gasteiger partial charge in [-0.25, -0.2) is 9.97 Å². The van der Waals surface area contributed by atoms with E-state index in [0.717, 1.165) is 17.5 Å². The Morgan fingerprint density at radius 3 is 3.06 bits per heavy atom. The number of anilines is 1. The second-order valence-electron chi connectivity index (χ2n) is 3.81. The molecule has 0 aromatic carbocycles. The highest BCUT2D eigenvalue weighted by Crippen LogP contribution is 2.12. The molecule has 2 aromatic rings. The minimum Gasteiger partial charge on any atom is -0.383 e. The molecular formula is C11H16N4OS. The predicted octanol–water partition coefficient (Wildman–Crippen LogP) is 1.83. The van der Waals surface area contributed by atoms with Crippen molar-refractivity contribution in [1.82, 2.24) is 14.5 Å². The van der Waals surface area contributed by atoms with Crippen molar-refractivity contribution in [1.29, 1.82) is 0 Å². The van der Waals surface area contributed by atoms with Crippen LogP contribution in [0.2, 0.25) is 0 Å². The fourth-order valence-corrected chi connectivity index (χ4v) is 2.18. The lowest BCUT2D eigenvalue weighted by atomic mass is 10.4. The maximum absolute atomic E-state index is 5.09. The van der Waals surface area contributed by atoms with E-state index in [0.29, 0.717) is 6.61 Å². The normalized spacial score (nSPS) is 12.6. The van der Waals surface area contributed by atoms with Crippen LogP contribution in [0.5, 0.6) is 0 Å². The zero-order chi connectivity index (χ0) is 12.1. The molecule has 1 N–H and O–H groups in total. The minimum atomic E-state index is 0.234. The summed E-state index contributed by atoms with van der Waals surface area (Å²) in [7, 11) is 1.69. The number of nitrogens with zero attached hydrogens (tertiary/aromatic N) is 3. The Labute approximate surface area is 104 Å². The van der Waals surface area contributed by atoms with Gasteiger partial charge in [-0.1, -0.05) is 0 Å². The monoisotopic (exact) mass is 252 g/mol. The van der Waals surface area contributed by atoms with Crippen LogP contribution in [0, 0.1) is 0 Å². The van der Waals surface area contributed by atoms with E-state index in [4.69, 9.17) is 4.74 Å². The maximum atomic E-state index is 5.09. The highest BCUT2D eigenvalue weighted by atomic mass is 32.1. The number of thiazole rings is 1. The van der Waals surface area contributed by atoms with Gasteiger partial charge in [-0.3, -0.25) is 0 Å². The third-order valence-corrected chi connectivity index (χ3v) is 3.06. The number of rotatable bonds is 6. The minimum absolute atomic E-state index is 0.234. The molecule has 92 valence electrons. The molecule has 6 heteroatoms. The molecule has 0 aliphatic carbocycles. The zero-order valence-electron chi connectivity index (χ0n) is 9.96. The summed E-state index contributed by atoms with van der Waals surface area (Å²) in [5, 5.41) is 6.36. The lowest BCUT2D eigenvalue weighted by molar-refractivity contribution is 0.190. The quantitative estimate of drug-likeness (QED) is 0.852. The first-order chi connectivity index (χ1) is 8.29. The van der Waals surface area contributed by atoms with Crippen LogP contribution in [0.1, 0.15) is 11.9 Å². The Morgan fingerprint density at radius 2 is 2.35 bits per heavy atom. The van der Waals surface area contributed by atoms with Gasteiger partial charge in [-0.2, -0.15) is 0 Å². The van der Waals surface area contributed by atoms with Crippen molar-refractivity contribution in [2.24, 2.45) is 0 Å². The van der Waals surface area contributed by atoms with Crippen LogP contribution >= 0.6 is 11.3 Å². The van der Waals surface area contributed by atoms with Crippen molar-refractivity contribution in [2.45, 2.75) is 19.5 Å². The van der Waals surface area contributed by atoms with Gasteiger partial charge in [0.15, 0.2) is 0 Å². The molecule has 0 bridgehead atoms. The molecule has 2 aromatic heterocycles. The molecule has 0 spiro atoms. The summed E-state index contributed by atoms with van der Waals surface area (Å²) >= 11 is 1.65. The topological polar surface area (TPSA) is 52.0 Å². The zero-order valence-corrected chi connectivity index (χ0v) is 10.8. The molecule has 0 aliphatic heterocycles. The van der Waals surface area contributed by atoms with E-state index in [2.05, 4.69) is 22.2 Å². The molecule has 0 saturated carbocycles. The average Bonchev–Trinajstić information content (AvgIpc) is 2.92. The highest BCUT2D eigenvalue weighted by molar-refractivity contribution is 7.09. The first kappa shape index (κ1) is 12.1. The Morgan fingerprint density at radius 1 is 1.47 bits per heavy atom. The van der Waals surface area contributed by atoms with Crippen LogP contribution in [-0.2, 0) is 11.3 Å². The number of hydrogen-bond acceptors (Lipinski definition) is 5. The second-order valence-corrected chi connectivity index (χ2v) is 4.78. The number of ether oxygens (including phenoxy) is 1. The Kier molecular flexibility index (Phi) is 4.11. The SMILES string of the molecule is COCC(C)Nc1nccn1Cc1nccs1. The van der Waals surface area contributed by atoms with Crippen LogP contribution in [0.3, 0.4) is 0 Å². The second kappa shape index (κ2) is 5.79. The van der Waals surface area contributed by atoms with Crippen LogP contribution in [0.25, 0.3) is 0 Å². The van der Waals surface area contributed by atoms with Gasteiger partial charge in [0.25, 0.3) is 0 Å². The Balaban J connectivity index is 2.01. The van der Waals surface area contributed by atoms with Gasteiger partial charge in [0.1, 0.15) is 5.01 Å². The van der Waals surface area contributed by atoms with Crippen molar-refractivity contribution >= 4 is 17.3 Å². The molecule has 2 heterocycles. The smallest absolute Gasteiger partial charge is 0.203 e. The van der Waals surface area contributed by atoms with Crippen molar-refractivity contribution in [3.05, 3.63) is 29.0 Å². The Hall–Kier alpha value is -1.40. The van der Waals surface area contributed by atoms with Gasteiger partial charge >= 0.3 is 0 Å². The summed E-state index contributed by atoms with van der Waals surface area (Å²) in [5.74, 6) is 0.852. The van der Waals surface area contributed by atoms with Gasteiger partial charge in [0, 0.05) is 37.1 Å². The average molecular weight is 252 g/mol. The van der Waals surface area contributed by atoms with Crippen LogP contribution in [0.4, 0.5) is 5.95 Å². The first-order valence-electron chi connectivity index (χ1n) is 5.44. The molecule has 2 rings (SSSR count). The molecule has 0 fully saturated rings. The molecule has 0 saturated heterocycles. The summed E-state index contributed by atoms with van der Waals surface area (Å²) < 4.78 is 7.13. The van der Waals surface area contributed by atoms with Crippen LogP contribution in [0.15, 0.2) is 24.0 Å². The number of methoxy groups -OCH3 is 1. The van der Waals surface area contributed by atoms with Crippen molar-refractivity contribution in [3.63, 3.8) is 0 Å². The maximum Gasteiger partial charge on any atom is 0.203 e. The van der Waals surface area contributed by atoms with Crippen molar-refractivity contribution in [2.75, 3.05) is 19.0 Å². The molecule has 0 aliphatic rings. The first-order valence-corrected chi connectivity index (χ1v) is 6.32. The lowest BCUT2D eigenvalue weighted by Gasteiger charge is -2.14. The number of imidazole rings is 1. The lowest BCUT2D eigenvalue weighted by Crippen LogP contribution is -2.23. The summed E-state index contributed by atoms with van der Waals surface area (Å²) in [5.41, 5.74) is 0. The molecular weight excluding hydrogens is 236 g/mol. The van der Waals surface area contributed by atoms with Crippen LogP contribution < -0.4 is 5.32 Å². The third-order valence-electron chi connectivity index (χ3n) is 2.30. The van der Waals surface area contributed by atoms with Gasteiger partial charge in [0.05, 0.1) is 13.2 Å². The summed E-state index contributed by atoms with van der Waals surface area (Å²) in [4.78, 5) is 8.56. The summed E-state index contributed by atoms with van der Waals surface area (Å²) in [6.45, 7) is 3.47. The molecule has 1 unspecified atom stereocenters. The van der Waals surface area contributed by atoms with E-state index in [1.807, 2.05) is 22.3 Å². The van der Waals surface area contributed by atoms with Gasteiger partial charge < -0.3 is 14.6 Å². The predicted molar refractivity (Wildman–Crippen MR) is 68.4 cm³/mol.